The number of rotatable bonds is 6. The Kier molecular flexibility index (Phi) is 4.93. The lowest BCUT2D eigenvalue weighted by molar-refractivity contribution is -0.122. The van der Waals surface area contributed by atoms with Crippen LogP contribution < -0.4 is 5.32 Å². The number of imide groups is 1. The molecule has 1 heterocycles. The third-order valence-corrected chi connectivity index (χ3v) is 4.30. The number of benzene rings is 2. The number of hydrogen-bond donors (Lipinski definition) is 1. The van der Waals surface area contributed by atoms with Crippen LogP contribution in [-0.4, -0.2) is 35.2 Å². The van der Waals surface area contributed by atoms with Gasteiger partial charge in [0.1, 0.15) is 6.54 Å². The van der Waals surface area contributed by atoms with Gasteiger partial charge in [-0.3, -0.25) is 19.3 Å². The number of carbonyl (C=O) groups is 3. The first kappa shape index (κ1) is 16.9. The number of fused-ring (bicyclic) bond motifs is 1. The summed E-state index contributed by atoms with van der Waals surface area (Å²) in [6, 6.07) is 16.6. The largest absolute Gasteiger partial charge is 0.352 e. The van der Waals surface area contributed by atoms with Crippen LogP contribution in [0.3, 0.4) is 0 Å². The van der Waals surface area contributed by atoms with Crippen molar-refractivity contribution in [1.29, 1.82) is 0 Å². The second-order valence-corrected chi connectivity index (χ2v) is 6.23. The molecule has 5 nitrogen and oxygen atoms in total. The molecular weight excluding hydrogens is 316 g/mol. The molecule has 3 rings (SSSR count). The molecule has 0 aliphatic carbocycles. The van der Waals surface area contributed by atoms with E-state index in [1.165, 1.54) is 5.56 Å². The van der Waals surface area contributed by atoms with Gasteiger partial charge in [-0.15, -0.1) is 0 Å². The van der Waals surface area contributed by atoms with Crippen LogP contribution in [0.15, 0.2) is 54.6 Å². The summed E-state index contributed by atoms with van der Waals surface area (Å²) >= 11 is 0. The van der Waals surface area contributed by atoms with Crippen LogP contribution >= 0.6 is 0 Å². The number of amides is 3. The Morgan fingerprint density at radius 1 is 0.960 bits per heavy atom. The highest BCUT2D eigenvalue weighted by Gasteiger charge is 2.36. The summed E-state index contributed by atoms with van der Waals surface area (Å²) in [4.78, 5) is 37.7. The first-order valence-electron chi connectivity index (χ1n) is 8.35. The summed E-state index contributed by atoms with van der Waals surface area (Å²) in [5.41, 5.74) is 1.93. The molecule has 0 spiro atoms. The topological polar surface area (TPSA) is 66.5 Å². The van der Waals surface area contributed by atoms with Gasteiger partial charge in [-0.25, -0.2) is 0 Å². The van der Waals surface area contributed by atoms with Crippen molar-refractivity contribution in [3.8, 4) is 0 Å². The second-order valence-electron chi connectivity index (χ2n) is 6.23. The molecule has 0 aromatic heterocycles. The van der Waals surface area contributed by atoms with Crippen LogP contribution in [0.5, 0.6) is 0 Å². The maximum Gasteiger partial charge on any atom is 0.262 e. The van der Waals surface area contributed by atoms with Crippen molar-refractivity contribution >= 4 is 17.7 Å². The number of nitrogens with zero attached hydrogens (tertiary/aromatic N) is 1. The van der Waals surface area contributed by atoms with Gasteiger partial charge >= 0.3 is 0 Å². The average Bonchev–Trinajstić information content (AvgIpc) is 2.86. The van der Waals surface area contributed by atoms with Gasteiger partial charge in [0.2, 0.25) is 5.91 Å². The molecule has 25 heavy (non-hydrogen) atoms. The van der Waals surface area contributed by atoms with E-state index in [0.29, 0.717) is 11.1 Å². The van der Waals surface area contributed by atoms with E-state index in [4.69, 9.17) is 0 Å². The van der Waals surface area contributed by atoms with Crippen molar-refractivity contribution < 1.29 is 14.4 Å². The fourth-order valence-electron chi connectivity index (χ4n) is 2.95. The van der Waals surface area contributed by atoms with E-state index >= 15 is 0 Å². The minimum Gasteiger partial charge on any atom is -0.352 e. The molecule has 3 amide bonds. The summed E-state index contributed by atoms with van der Waals surface area (Å²) in [6.45, 7) is 1.67. The molecule has 0 fully saturated rings. The van der Waals surface area contributed by atoms with Crippen molar-refractivity contribution in [2.45, 2.75) is 25.8 Å². The molecule has 0 saturated carbocycles. The predicted molar refractivity (Wildman–Crippen MR) is 94.2 cm³/mol. The van der Waals surface area contributed by atoms with Crippen molar-refractivity contribution in [1.82, 2.24) is 10.2 Å². The third kappa shape index (κ3) is 3.76. The average molecular weight is 336 g/mol. The highest BCUT2D eigenvalue weighted by molar-refractivity contribution is 6.22. The van der Waals surface area contributed by atoms with Crippen LogP contribution in [0.4, 0.5) is 0 Å². The number of hydrogen-bond acceptors (Lipinski definition) is 3. The van der Waals surface area contributed by atoms with E-state index in [0.717, 1.165) is 17.7 Å². The van der Waals surface area contributed by atoms with Crippen LogP contribution in [0.25, 0.3) is 0 Å². The van der Waals surface area contributed by atoms with Gasteiger partial charge in [0.05, 0.1) is 11.1 Å². The molecule has 1 atom stereocenters. The van der Waals surface area contributed by atoms with E-state index < -0.39 is 11.8 Å². The number of carbonyl (C=O) groups excluding carboxylic acids is 3. The van der Waals surface area contributed by atoms with Gasteiger partial charge in [0, 0.05) is 6.04 Å². The Hall–Kier alpha value is -2.95. The zero-order chi connectivity index (χ0) is 17.8. The molecular formula is C20H20N2O3. The summed E-state index contributed by atoms with van der Waals surface area (Å²) < 4.78 is 0. The van der Waals surface area contributed by atoms with Crippen molar-refractivity contribution in [3.63, 3.8) is 0 Å². The van der Waals surface area contributed by atoms with E-state index in [-0.39, 0.29) is 18.5 Å². The molecule has 5 heteroatoms. The van der Waals surface area contributed by atoms with E-state index in [1.807, 2.05) is 37.3 Å². The Morgan fingerprint density at radius 2 is 1.52 bits per heavy atom. The number of aryl methyl sites for hydroxylation is 1. The normalized spacial score (nSPS) is 14.4. The minimum atomic E-state index is -0.410. The van der Waals surface area contributed by atoms with Crippen molar-refractivity contribution in [3.05, 3.63) is 71.3 Å². The SMILES string of the molecule is C[C@@H](CCc1ccccc1)NC(=O)CN1C(=O)c2ccccc2C1=O. The first-order chi connectivity index (χ1) is 12.1. The summed E-state index contributed by atoms with van der Waals surface area (Å²) in [6.07, 6.45) is 1.65. The fourth-order valence-corrected chi connectivity index (χ4v) is 2.95. The second kappa shape index (κ2) is 7.30. The predicted octanol–water partition coefficient (Wildman–Crippen LogP) is 2.42. The lowest BCUT2D eigenvalue weighted by Crippen LogP contribution is -2.43. The molecule has 1 aliphatic heterocycles. The van der Waals surface area contributed by atoms with Crippen LogP contribution in [-0.2, 0) is 11.2 Å². The summed E-state index contributed by atoms with van der Waals surface area (Å²) in [5, 5.41) is 2.86. The molecule has 0 bridgehead atoms. The Morgan fingerprint density at radius 3 is 2.12 bits per heavy atom. The molecule has 0 radical (unpaired) electrons. The van der Waals surface area contributed by atoms with Gasteiger partial charge in [0.15, 0.2) is 0 Å². The molecule has 1 aliphatic rings. The molecule has 1 N–H and O–H groups in total. The van der Waals surface area contributed by atoms with Crippen LogP contribution in [0.2, 0.25) is 0 Å². The quantitative estimate of drug-likeness (QED) is 0.824. The molecule has 0 unspecified atom stereocenters. The smallest absolute Gasteiger partial charge is 0.262 e. The highest BCUT2D eigenvalue weighted by Crippen LogP contribution is 2.21. The van der Waals surface area contributed by atoms with Gasteiger partial charge < -0.3 is 5.32 Å². The Bertz CT molecular complexity index is 767. The standard InChI is InChI=1S/C20H20N2O3/c1-14(11-12-15-7-3-2-4-8-15)21-18(23)13-22-19(24)16-9-5-6-10-17(16)20(22)25/h2-10,14H,11-13H2,1H3,(H,21,23)/t14-/m0/s1. The van der Waals surface area contributed by atoms with E-state index in [2.05, 4.69) is 5.32 Å². The summed E-state index contributed by atoms with van der Waals surface area (Å²) in [7, 11) is 0. The maximum atomic E-state index is 12.3. The van der Waals surface area contributed by atoms with Crippen LogP contribution in [0, 0.1) is 0 Å². The molecule has 2 aromatic carbocycles. The van der Waals surface area contributed by atoms with Gasteiger partial charge in [0.25, 0.3) is 11.8 Å². The van der Waals surface area contributed by atoms with Crippen molar-refractivity contribution in [2.24, 2.45) is 0 Å². The Balaban J connectivity index is 1.53. The molecule has 0 saturated heterocycles. The van der Waals surface area contributed by atoms with E-state index in [1.54, 1.807) is 24.3 Å². The first-order valence-corrected chi connectivity index (χ1v) is 8.35. The fraction of sp³-hybridized carbons (Fsp3) is 0.250. The Labute approximate surface area is 146 Å². The zero-order valence-corrected chi connectivity index (χ0v) is 14.1. The molecule has 128 valence electrons. The monoisotopic (exact) mass is 336 g/mol. The highest BCUT2D eigenvalue weighted by atomic mass is 16.2. The zero-order valence-electron chi connectivity index (χ0n) is 14.1. The lowest BCUT2D eigenvalue weighted by atomic mass is 10.1. The lowest BCUT2D eigenvalue weighted by Gasteiger charge is -2.17. The summed E-state index contributed by atoms with van der Waals surface area (Å²) in [5.74, 6) is -1.14. The number of nitrogens with one attached hydrogen (secondary N) is 1. The molecule has 2 aromatic rings. The minimum absolute atomic E-state index is 0.0390. The van der Waals surface area contributed by atoms with Gasteiger partial charge in [-0.2, -0.15) is 0 Å². The maximum absolute atomic E-state index is 12.3. The van der Waals surface area contributed by atoms with Gasteiger partial charge in [-0.05, 0) is 37.5 Å². The third-order valence-electron chi connectivity index (χ3n) is 4.30. The van der Waals surface area contributed by atoms with Gasteiger partial charge in [-0.1, -0.05) is 42.5 Å². The van der Waals surface area contributed by atoms with E-state index in [9.17, 15) is 14.4 Å². The van der Waals surface area contributed by atoms with Crippen LogP contribution in [0.1, 0.15) is 39.6 Å². The van der Waals surface area contributed by atoms with Crippen molar-refractivity contribution in [2.75, 3.05) is 6.54 Å².